The third-order valence-corrected chi connectivity index (χ3v) is 3.00. The molecule has 0 atom stereocenters. The summed E-state index contributed by atoms with van der Waals surface area (Å²) in [6.07, 6.45) is 0.303. The summed E-state index contributed by atoms with van der Waals surface area (Å²) in [5.41, 5.74) is 1.07. The van der Waals surface area contributed by atoms with Crippen LogP contribution in [0.15, 0.2) is 48.5 Å². The van der Waals surface area contributed by atoms with Gasteiger partial charge in [0.15, 0.2) is 5.78 Å². The third kappa shape index (κ3) is 3.92. The molecule has 21 heavy (non-hydrogen) atoms. The van der Waals surface area contributed by atoms with E-state index in [2.05, 4.69) is 0 Å². The number of phenolic OH excluding ortho intramolecular Hbond substituents is 1. The van der Waals surface area contributed by atoms with E-state index in [1.165, 1.54) is 18.2 Å². The fourth-order valence-corrected chi connectivity index (χ4v) is 1.90. The summed E-state index contributed by atoms with van der Waals surface area (Å²) in [5.74, 6) is -0.143. The lowest BCUT2D eigenvalue weighted by Crippen LogP contribution is -2.10. The minimum atomic E-state index is -0.380. The fraction of sp³-hybridized carbons (Fsp3) is 0.176. The Hall–Kier alpha value is -2.62. The van der Waals surface area contributed by atoms with Crippen LogP contribution < -0.4 is 4.74 Å². The van der Waals surface area contributed by atoms with Crippen LogP contribution in [0.4, 0.5) is 0 Å². The van der Waals surface area contributed by atoms with Crippen LogP contribution in [0.1, 0.15) is 29.3 Å². The first-order valence-electron chi connectivity index (χ1n) is 6.71. The van der Waals surface area contributed by atoms with Gasteiger partial charge in [0.1, 0.15) is 11.5 Å². The van der Waals surface area contributed by atoms with Crippen molar-refractivity contribution in [2.45, 2.75) is 19.8 Å². The number of carbonyl (C=O) groups is 2. The zero-order valence-corrected chi connectivity index (χ0v) is 11.7. The van der Waals surface area contributed by atoms with E-state index in [9.17, 15) is 14.7 Å². The molecule has 0 aliphatic rings. The molecule has 2 rings (SSSR count). The van der Waals surface area contributed by atoms with Gasteiger partial charge in [0.25, 0.3) is 0 Å². The Balaban J connectivity index is 2.24. The van der Waals surface area contributed by atoms with E-state index in [1.807, 2.05) is 6.07 Å². The zero-order valence-electron chi connectivity index (χ0n) is 11.7. The maximum Gasteiger partial charge on any atom is 0.310 e. The number of phenols is 1. The number of carbonyl (C=O) groups excluding carboxylic acids is 2. The molecule has 0 amide bonds. The van der Waals surface area contributed by atoms with Gasteiger partial charge >= 0.3 is 5.97 Å². The quantitative estimate of drug-likeness (QED) is 0.520. The molecule has 4 nitrogen and oxygen atoms in total. The number of aromatic hydroxyl groups is 1. The molecule has 2 aromatic carbocycles. The van der Waals surface area contributed by atoms with E-state index in [4.69, 9.17) is 4.74 Å². The largest absolute Gasteiger partial charge is 0.508 e. The standard InChI is InChI=1S/C17H16O4/c1-2-17(20)21-16-9-8-14(18)10-13(16)11-15(19)12-6-4-3-5-7-12/h3-10,18H,2,11H2,1H3. The summed E-state index contributed by atoms with van der Waals surface area (Å²) in [6.45, 7) is 1.69. The van der Waals surface area contributed by atoms with Crippen molar-refractivity contribution in [3.05, 3.63) is 59.7 Å². The Labute approximate surface area is 123 Å². The van der Waals surface area contributed by atoms with E-state index < -0.39 is 0 Å². The van der Waals surface area contributed by atoms with Crippen LogP contribution in [0.5, 0.6) is 11.5 Å². The first-order chi connectivity index (χ1) is 10.1. The van der Waals surface area contributed by atoms with E-state index in [0.717, 1.165) is 0 Å². The number of hydrogen-bond acceptors (Lipinski definition) is 4. The molecule has 0 aromatic heterocycles. The highest BCUT2D eigenvalue weighted by atomic mass is 16.5. The fourth-order valence-electron chi connectivity index (χ4n) is 1.90. The van der Waals surface area contributed by atoms with Crippen LogP contribution in [-0.2, 0) is 11.2 Å². The average Bonchev–Trinajstić information content (AvgIpc) is 2.50. The normalized spacial score (nSPS) is 10.1. The molecule has 0 fully saturated rings. The first-order valence-corrected chi connectivity index (χ1v) is 6.71. The van der Waals surface area contributed by atoms with Crippen molar-refractivity contribution in [3.8, 4) is 11.5 Å². The lowest BCUT2D eigenvalue weighted by molar-refractivity contribution is -0.134. The van der Waals surface area contributed by atoms with Gasteiger partial charge in [0, 0.05) is 24.0 Å². The van der Waals surface area contributed by atoms with Crippen molar-refractivity contribution >= 4 is 11.8 Å². The number of rotatable bonds is 5. The first kappa shape index (κ1) is 14.8. The summed E-state index contributed by atoms with van der Waals surface area (Å²) >= 11 is 0. The van der Waals surface area contributed by atoms with Crippen LogP contribution in [0, 0.1) is 0 Å². The van der Waals surface area contributed by atoms with Gasteiger partial charge in [0.2, 0.25) is 0 Å². The van der Waals surface area contributed by atoms with Gasteiger partial charge in [0.05, 0.1) is 0 Å². The number of Topliss-reactive ketones (excluding diaryl/α,β-unsaturated/α-hetero) is 1. The minimum absolute atomic E-state index is 0.0298. The lowest BCUT2D eigenvalue weighted by Gasteiger charge is -2.10. The molecule has 108 valence electrons. The molecule has 0 radical (unpaired) electrons. The maximum absolute atomic E-state index is 12.2. The Kier molecular flexibility index (Phi) is 4.72. The van der Waals surface area contributed by atoms with Crippen LogP contribution in [-0.4, -0.2) is 16.9 Å². The molecule has 0 aliphatic heterocycles. The van der Waals surface area contributed by atoms with Crippen molar-refractivity contribution in [1.82, 2.24) is 0 Å². The topological polar surface area (TPSA) is 63.6 Å². The number of esters is 1. The molecule has 0 heterocycles. The highest BCUT2D eigenvalue weighted by molar-refractivity contribution is 5.97. The van der Waals surface area contributed by atoms with E-state index in [-0.39, 0.29) is 30.3 Å². The minimum Gasteiger partial charge on any atom is -0.508 e. The van der Waals surface area contributed by atoms with Gasteiger partial charge in [-0.1, -0.05) is 37.3 Å². The molecule has 0 bridgehead atoms. The van der Waals surface area contributed by atoms with Gasteiger partial charge in [-0.25, -0.2) is 0 Å². The molecular formula is C17H16O4. The Morgan fingerprint density at radius 3 is 2.48 bits per heavy atom. The summed E-state index contributed by atoms with van der Waals surface area (Å²) in [6, 6.07) is 13.2. The van der Waals surface area contributed by atoms with Gasteiger partial charge in [-0.05, 0) is 18.2 Å². The third-order valence-electron chi connectivity index (χ3n) is 3.00. The number of benzene rings is 2. The second-order valence-corrected chi connectivity index (χ2v) is 4.59. The van der Waals surface area contributed by atoms with Gasteiger partial charge in [-0.15, -0.1) is 0 Å². The number of hydrogen-bond donors (Lipinski definition) is 1. The van der Waals surface area contributed by atoms with Crippen molar-refractivity contribution < 1.29 is 19.4 Å². The smallest absolute Gasteiger partial charge is 0.310 e. The van der Waals surface area contributed by atoms with Gasteiger partial charge in [-0.2, -0.15) is 0 Å². The zero-order chi connectivity index (χ0) is 15.2. The molecule has 4 heteroatoms. The van der Waals surface area contributed by atoms with Crippen LogP contribution in [0.2, 0.25) is 0 Å². The lowest BCUT2D eigenvalue weighted by atomic mass is 10.0. The van der Waals surface area contributed by atoms with E-state index >= 15 is 0 Å². The Bertz CT molecular complexity index is 647. The predicted octanol–water partition coefficient (Wildman–Crippen LogP) is 3.13. The van der Waals surface area contributed by atoms with Gasteiger partial charge < -0.3 is 9.84 Å². The summed E-state index contributed by atoms with van der Waals surface area (Å²) < 4.78 is 5.18. The summed E-state index contributed by atoms with van der Waals surface area (Å²) in [7, 11) is 0. The predicted molar refractivity (Wildman–Crippen MR) is 78.5 cm³/mol. The molecule has 2 aromatic rings. The number of ether oxygens (including phenoxy) is 1. The Morgan fingerprint density at radius 2 is 1.81 bits per heavy atom. The molecule has 0 spiro atoms. The molecule has 1 N–H and O–H groups in total. The SMILES string of the molecule is CCC(=O)Oc1ccc(O)cc1CC(=O)c1ccccc1. The second-order valence-electron chi connectivity index (χ2n) is 4.59. The maximum atomic E-state index is 12.2. The molecule has 0 unspecified atom stereocenters. The van der Waals surface area contributed by atoms with E-state index in [0.29, 0.717) is 16.9 Å². The molecular weight excluding hydrogens is 268 g/mol. The van der Waals surface area contributed by atoms with E-state index in [1.54, 1.807) is 31.2 Å². The second kappa shape index (κ2) is 6.70. The molecule has 0 saturated carbocycles. The van der Waals surface area contributed by atoms with Crippen molar-refractivity contribution in [2.24, 2.45) is 0 Å². The highest BCUT2D eigenvalue weighted by Gasteiger charge is 2.13. The molecule has 0 saturated heterocycles. The Morgan fingerprint density at radius 1 is 1.10 bits per heavy atom. The van der Waals surface area contributed by atoms with Crippen molar-refractivity contribution in [2.75, 3.05) is 0 Å². The van der Waals surface area contributed by atoms with Crippen LogP contribution in [0.3, 0.4) is 0 Å². The summed E-state index contributed by atoms with van der Waals surface area (Å²) in [5, 5.41) is 9.56. The summed E-state index contributed by atoms with van der Waals surface area (Å²) in [4.78, 5) is 23.6. The van der Waals surface area contributed by atoms with Crippen LogP contribution in [0.25, 0.3) is 0 Å². The number of ketones is 1. The van der Waals surface area contributed by atoms with Crippen molar-refractivity contribution in [1.29, 1.82) is 0 Å². The molecule has 0 aliphatic carbocycles. The highest BCUT2D eigenvalue weighted by Crippen LogP contribution is 2.25. The monoisotopic (exact) mass is 284 g/mol. The van der Waals surface area contributed by atoms with Crippen LogP contribution >= 0.6 is 0 Å². The van der Waals surface area contributed by atoms with Crippen molar-refractivity contribution in [3.63, 3.8) is 0 Å². The average molecular weight is 284 g/mol. The van der Waals surface area contributed by atoms with Gasteiger partial charge in [-0.3, -0.25) is 9.59 Å².